The molecular weight excluding hydrogens is 564 g/mol. The van der Waals surface area contributed by atoms with Gasteiger partial charge in [0.15, 0.2) is 11.8 Å². The molecule has 0 bridgehead atoms. The summed E-state index contributed by atoms with van der Waals surface area (Å²) in [5, 5.41) is 21.6. The monoisotopic (exact) mass is 586 g/mol. The molecule has 2 N–H and O–H groups in total. The number of amides is 2. The zero-order valence-electron chi connectivity index (χ0n) is 21.4. The topological polar surface area (TPSA) is 117 Å². The predicted molar refractivity (Wildman–Crippen MR) is 160 cm³/mol. The van der Waals surface area contributed by atoms with Crippen LogP contribution < -0.4 is 10.1 Å². The number of amidine groups is 1. The fourth-order valence-electron chi connectivity index (χ4n) is 3.73. The maximum atomic E-state index is 13.4. The standard InChI is InChI=1S/C30H23ClN4O5S/c31-22-9-11-23(12-10-22)33-28(37)19-40-26-6-2-1-4-21(26)16-27-29(38)35(18-25-5-3-15-39-25)30(41-27)34-32-17-20-7-13-24(36)14-8-20/h1-17,36H,18-19H2,(H,33,37)/b27-16-,32-17-,34-30+. The molecule has 0 radical (unpaired) electrons. The van der Waals surface area contributed by atoms with Gasteiger partial charge >= 0.3 is 0 Å². The van der Waals surface area contributed by atoms with Gasteiger partial charge in [0.2, 0.25) is 0 Å². The van der Waals surface area contributed by atoms with E-state index in [4.69, 9.17) is 20.8 Å². The molecule has 0 atom stereocenters. The van der Waals surface area contributed by atoms with Crippen LogP contribution in [0.15, 0.2) is 111 Å². The van der Waals surface area contributed by atoms with Gasteiger partial charge in [-0.25, -0.2) is 0 Å². The zero-order valence-corrected chi connectivity index (χ0v) is 23.0. The first kappa shape index (κ1) is 27.8. The number of thioether (sulfide) groups is 1. The molecule has 206 valence electrons. The summed E-state index contributed by atoms with van der Waals surface area (Å²) in [6.07, 6.45) is 4.76. The molecule has 1 aromatic heterocycles. The second-order valence-corrected chi connectivity index (χ2v) is 10.1. The van der Waals surface area contributed by atoms with Crippen molar-refractivity contribution in [1.82, 2.24) is 4.90 Å². The molecule has 0 saturated carbocycles. The van der Waals surface area contributed by atoms with Crippen molar-refractivity contribution in [3.63, 3.8) is 0 Å². The number of furan rings is 1. The van der Waals surface area contributed by atoms with E-state index < -0.39 is 0 Å². The lowest BCUT2D eigenvalue weighted by atomic mass is 10.2. The summed E-state index contributed by atoms with van der Waals surface area (Å²) in [5.41, 5.74) is 1.96. The van der Waals surface area contributed by atoms with E-state index in [1.54, 1.807) is 84.9 Å². The number of phenols is 1. The largest absolute Gasteiger partial charge is 0.508 e. The third-order valence-corrected chi connectivity index (χ3v) is 6.97. The van der Waals surface area contributed by atoms with Gasteiger partial charge in [0.05, 0.1) is 23.9 Å². The van der Waals surface area contributed by atoms with Crippen LogP contribution in [0.3, 0.4) is 0 Å². The van der Waals surface area contributed by atoms with E-state index in [0.29, 0.717) is 37.9 Å². The van der Waals surface area contributed by atoms with Gasteiger partial charge in [-0.05, 0) is 90.1 Å². The van der Waals surface area contributed by atoms with Crippen LogP contribution in [0.25, 0.3) is 6.08 Å². The normalized spacial score (nSPS) is 15.2. The molecule has 9 nitrogen and oxygen atoms in total. The van der Waals surface area contributed by atoms with E-state index in [9.17, 15) is 14.7 Å². The molecular formula is C30H23ClN4O5S. The number of aromatic hydroxyl groups is 1. The van der Waals surface area contributed by atoms with Crippen LogP contribution >= 0.6 is 23.4 Å². The maximum absolute atomic E-state index is 13.4. The number of nitrogens with zero attached hydrogens (tertiary/aromatic N) is 3. The molecule has 0 spiro atoms. The number of hydrogen-bond acceptors (Lipinski definition) is 8. The van der Waals surface area contributed by atoms with Gasteiger partial charge in [0, 0.05) is 16.3 Å². The first-order valence-electron chi connectivity index (χ1n) is 12.4. The van der Waals surface area contributed by atoms with E-state index >= 15 is 0 Å². The van der Waals surface area contributed by atoms with Crippen LogP contribution in [-0.4, -0.2) is 39.8 Å². The second-order valence-electron chi connectivity index (χ2n) is 8.68. The van der Waals surface area contributed by atoms with Gasteiger partial charge in [-0.2, -0.15) is 5.10 Å². The average molecular weight is 587 g/mol. The number of hydrogen-bond donors (Lipinski definition) is 2. The highest BCUT2D eigenvalue weighted by molar-refractivity contribution is 8.18. The zero-order chi connectivity index (χ0) is 28.6. The summed E-state index contributed by atoms with van der Waals surface area (Å²) in [6.45, 7) is -0.0556. The molecule has 0 aliphatic carbocycles. The van der Waals surface area contributed by atoms with Crippen molar-refractivity contribution in [2.45, 2.75) is 6.54 Å². The Morgan fingerprint density at radius 1 is 1.05 bits per heavy atom. The summed E-state index contributed by atoms with van der Waals surface area (Å²) >= 11 is 7.06. The highest BCUT2D eigenvalue weighted by Crippen LogP contribution is 2.35. The van der Waals surface area contributed by atoms with Gasteiger partial charge in [-0.3, -0.25) is 14.5 Å². The molecule has 4 aromatic rings. The summed E-state index contributed by atoms with van der Waals surface area (Å²) in [7, 11) is 0. The Morgan fingerprint density at radius 2 is 1.83 bits per heavy atom. The maximum Gasteiger partial charge on any atom is 0.267 e. The number of phenolic OH excluding ortho intramolecular Hbond substituents is 1. The molecule has 5 rings (SSSR count). The summed E-state index contributed by atoms with van der Waals surface area (Å²) in [5.74, 6) is 0.557. The van der Waals surface area contributed by atoms with Crippen molar-refractivity contribution in [2.24, 2.45) is 10.2 Å². The van der Waals surface area contributed by atoms with Crippen molar-refractivity contribution in [1.29, 1.82) is 0 Å². The highest BCUT2D eigenvalue weighted by Gasteiger charge is 2.34. The van der Waals surface area contributed by atoms with Crippen LogP contribution in [0.2, 0.25) is 5.02 Å². The number of halogens is 1. The van der Waals surface area contributed by atoms with E-state index in [1.165, 1.54) is 17.4 Å². The smallest absolute Gasteiger partial charge is 0.267 e. The van der Waals surface area contributed by atoms with Gasteiger partial charge in [-0.1, -0.05) is 29.8 Å². The molecule has 2 heterocycles. The molecule has 2 amide bonds. The Bertz CT molecular complexity index is 1620. The van der Waals surface area contributed by atoms with E-state index in [0.717, 1.165) is 17.3 Å². The van der Waals surface area contributed by atoms with Crippen molar-refractivity contribution >= 4 is 58.3 Å². The molecule has 3 aromatic carbocycles. The van der Waals surface area contributed by atoms with E-state index in [1.807, 2.05) is 6.07 Å². The second kappa shape index (κ2) is 13.0. The Hall–Kier alpha value is -4.80. The first-order valence-corrected chi connectivity index (χ1v) is 13.5. The van der Waals surface area contributed by atoms with Gasteiger partial charge in [-0.15, -0.1) is 5.10 Å². The van der Waals surface area contributed by atoms with Crippen molar-refractivity contribution in [2.75, 3.05) is 11.9 Å². The number of carbonyl (C=O) groups is 2. The SMILES string of the molecule is O=C(COc1ccccc1/C=C1\S/C(=N/N=C\c2ccc(O)cc2)N(Cc2ccco2)C1=O)Nc1ccc(Cl)cc1. The third-order valence-electron chi connectivity index (χ3n) is 5.72. The van der Waals surface area contributed by atoms with Crippen LogP contribution in [0.5, 0.6) is 11.5 Å². The molecule has 11 heteroatoms. The van der Waals surface area contributed by atoms with Crippen molar-refractivity contribution in [3.8, 4) is 11.5 Å². The van der Waals surface area contributed by atoms with Crippen molar-refractivity contribution in [3.05, 3.63) is 118 Å². The lowest BCUT2D eigenvalue weighted by Gasteiger charge is -2.12. The summed E-state index contributed by atoms with van der Waals surface area (Å²) in [4.78, 5) is 27.8. The Morgan fingerprint density at radius 3 is 2.59 bits per heavy atom. The number of carbonyl (C=O) groups excluding carboxylic acids is 2. The quantitative estimate of drug-likeness (QED) is 0.138. The highest BCUT2D eigenvalue weighted by atomic mass is 35.5. The number of ether oxygens (including phenoxy) is 1. The molecule has 1 fully saturated rings. The van der Waals surface area contributed by atoms with E-state index in [2.05, 4.69) is 15.5 Å². The molecule has 0 unspecified atom stereocenters. The molecule has 1 saturated heterocycles. The lowest BCUT2D eigenvalue weighted by molar-refractivity contribution is -0.122. The van der Waals surface area contributed by atoms with Crippen molar-refractivity contribution < 1.29 is 23.8 Å². The fourth-order valence-corrected chi connectivity index (χ4v) is 4.78. The minimum Gasteiger partial charge on any atom is -0.508 e. The van der Waals surface area contributed by atoms with Gasteiger partial charge in [0.1, 0.15) is 17.3 Å². The Balaban J connectivity index is 1.33. The number of anilines is 1. The van der Waals surface area contributed by atoms with Crippen LogP contribution in [0.1, 0.15) is 16.9 Å². The molecule has 1 aliphatic rings. The first-order chi connectivity index (χ1) is 19.9. The number of benzene rings is 3. The third kappa shape index (κ3) is 7.44. The predicted octanol–water partition coefficient (Wildman–Crippen LogP) is 6.16. The summed E-state index contributed by atoms with van der Waals surface area (Å²) < 4.78 is 11.2. The van der Waals surface area contributed by atoms with Crippen LogP contribution in [0.4, 0.5) is 5.69 Å². The number of para-hydroxylation sites is 1. The Labute approximate surface area is 244 Å². The average Bonchev–Trinajstić information content (AvgIpc) is 3.59. The van der Waals surface area contributed by atoms with Crippen LogP contribution in [-0.2, 0) is 16.1 Å². The lowest BCUT2D eigenvalue weighted by Crippen LogP contribution is -2.28. The number of nitrogens with one attached hydrogen (secondary N) is 1. The van der Waals surface area contributed by atoms with Crippen LogP contribution in [0, 0.1) is 0 Å². The van der Waals surface area contributed by atoms with E-state index in [-0.39, 0.29) is 30.7 Å². The molecule has 41 heavy (non-hydrogen) atoms. The Kier molecular flexibility index (Phi) is 8.82. The molecule has 1 aliphatic heterocycles. The van der Waals surface area contributed by atoms with Gasteiger partial charge < -0.3 is 19.6 Å². The van der Waals surface area contributed by atoms with Gasteiger partial charge in [0.25, 0.3) is 11.8 Å². The number of rotatable bonds is 9. The minimum atomic E-state index is -0.341. The minimum absolute atomic E-state index is 0.149. The fraction of sp³-hybridized carbons (Fsp3) is 0.0667. The summed E-state index contributed by atoms with van der Waals surface area (Å²) in [6, 6.07) is 23.9.